The lowest BCUT2D eigenvalue weighted by molar-refractivity contribution is 0.102. The molecule has 1 N–H and O–H groups in total. The van der Waals surface area contributed by atoms with Crippen LogP contribution in [0.15, 0.2) is 30.3 Å². The largest absolute Gasteiger partial charge is 0.493 e. The van der Waals surface area contributed by atoms with Crippen molar-refractivity contribution < 1.29 is 14.3 Å². The molecule has 0 saturated heterocycles. The highest BCUT2D eigenvalue weighted by atomic mass is 16.5. The lowest BCUT2D eigenvalue weighted by atomic mass is 9.98. The zero-order valence-electron chi connectivity index (χ0n) is 16.5. The van der Waals surface area contributed by atoms with Crippen molar-refractivity contribution in [3.63, 3.8) is 0 Å². The second-order valence-electron chi connectivity index (χ2n) is 6.71. The summed E-state index contributed by atoms with van der Waals surface area (Å²) in [6, 6.07) is 11.2. The van der Waals surface area contributed by atoms with Crippen LogP contribution in [0.3, 0.4) is 0 Å². The molecular formula is C22H25N3O3. The maximum atomic E-state index is 13.0. The van der Waals surface area contributed by atoms with Crippen LogP contribution in [0.25, 0.3) is 0 Å². The molecule has 1 aliphatic rings. The Labute approximate surface area is 165 Å². The van der Waals surface area contributed by atoms with E-state index >= 15 is 0 Å². The van der Waals surface area contributed by atoms with Gasteiger partial charge in [-0.1, -0.05) is 12.1 Å². The van der Waals surface area contributed by atoms with E-state index in [1.54, 1.807) is 6.07 Å². The van der Waals surface area contributed by atoms with Crippen LogP contribution >= 0.6 is 0 Å². The van der Waals surface area contributed by atoms with Crippen molar-refractivity contribution in [2.45, 2.75) is 26.8 Å². The summed E-state index contributed by atoms with van der Waals surface area (Å²) in [6.45, 7) is 6.35. The zero-order chi connectivity index (χ0) is 20.1. The SMILES string of the molecule is CCOc1cc(OCC)c(C(=O)Nc2cccc3c2CCN(C)C3)cc1C#N. The number of fused-ring (bicyclic) bond motifs is 1. The van der Waals surface area contributed by atoms with Gasteiger partial charge in [-0.2, -0.15) is 5.26 Å². The molecule has 1 amide bonds. The molecule has 2 aromatic carbocycles. The van der Waals surface area contributed by atoms with Crippen LogP contribution < -0.4 is 14.8 Å². The number of anilines is 1. The fraction of sp³-hybridized carbons (Fsp3) is 0.364. The van der Waals surface area contributed by atoms with Crippen molar-refractivity contribution in [3.05, 3.63) is 52.6 Å². The van der Waals surface area contributed by atoms with Gasteiger partial charge in [0.15, 0.2) is 0 Å². The summed E-state index contributed by atoms with van der Waals surface area (Å²) in [6.07, 6.45) is 0.882. The summed E-state index contributed by atoms with van der Waals surface area (Å²) >= 11 is 0. The van der Waals surface area contributed by atoms with E-state index in [0.717, 1.165) is 25.2 Å². The quantitative estimate of drug-likeness (QED) is 0.830. The molecule has 0 bridgehead atoms. The number of benzene rings is 2. The van der Waals surface area contributed by atoms with Gasteiger partial charge >= 0.3 is 0 Å². The predicted molar refractivity (Wildman–Crippen MR) is 108 cm³/mol. The molecule has 0 spiro atoms. The molecule has 0 aliphatic carbocycles. The number of nitriles is 1. The summed E-state index contributed by atoms with van der Waals surface area (Å²) in [5.41, 5.74) is 3.84. The van der Waals surface area contributed by atoms with Gasteiger partial charge in [-0.05, 0) is 50.6 Å². The number of nitrogens with one attached hydrogen (secondary N) is 1. The first-order chi connectivity index (χ1) is 13.6. The Morgan fingerprint density at radius 1 is 1.21 bits per heavy atom. The molecule has 3 rings (SSSR count). The van der Waals surface area contributed by atoms with Crippen LogP contribution in [-0.4, -0.2) is 37.6 Å². The minimum atomic E-state index is -0.296. The van der Waals surface area contributed by atoms with E-state index in [2.05, 4.69) is 29.4 Å². The molecule has 0 aromatic heterocycles. The lowest BCUT2D eigenvalue weighted by Crippen LogP contribution is -2.27. The average molecular weight is 379 g/mol. The Hall–Kier alpha value is -3.04. The zero-order valence-corrected chi connectivity index (χ0v) is 16.5. The lowest BCUT2D eigenvalue weighted by Gasteiger charge is -2.27. The van der Waals surface area contributed by atoms with E-state index in [9.17, 15) is 10.1 Å². The minimum Gasteiger partial charge on any atom is -0.493 e. The van der Waals surface area contributed by atoms with Crippen molar-refractivity contribution in [2.75, 3.05) is 32.1 Å². The third-order valence-electron chi connectivity index (χ3n) is 4.75. The van der Waals surface area contributed by atoms with Crippen LogP contribution in [0.1, 0.15) is 40.9 Å². The van der Waals surface area contributed by atoms with Gasteiger partial charge in [0.2, 0.25) is 0 Å². The van der Waals surface area contributed by atoms with Gasteiger partial charge < -0.3 is 19.7 Å². The van der Waals surface area contributed by atoms with Crippen LogP contribution in [-0.2, 0) is 13.0 Å². The maximum absolute atomic E-state index is 13.0. The second-order valence-corrected chi connectivity index (χ2v) is 6.71. The number of nitrogens with zero attached hydrogens (tertiary/aromatic N) is 2. The number of amides is 1. The maximum Gasteiger partial charge on any atom is 0.259 e. The summed E-state index contributed by atoms with van der Waals surface area (Å²) < 4.78 is 11.2. The Kier molecular flexibility index (Phi) is 6.17. The average Bonchev–Trinajstić information content (AvgIpc) is 2.68. The fourth-order valence-corrected chi connectivity index (χ4v) is 3.43. The van der Waals surface area contributed by atoms with Crippen LogP contribution in [0.5, 0.6) is 11.5 Å². The summed E-state index contributed by atoms with van der Waals surface area (Å²) in [5, 5.41) is 12.5. The third kappa shape index (κ3) is 4.10. The number of ether oxygens (including phenoxy) is 2. The molecule has 2 aromatic rings. The summed E-state index contributed by atoms with van der Waals surface area (Å²) in [5.74, 6) is 0.535. The van der Waals surface area contributed by atoms with E-state index < -0.39 is 0 Å². The highest BCUT2D eigenvalue weighted by molar-refractivity contribution is 6.07. The molecule has 1 heterocycles. The molecule has 1 aliphatic heterocycles. The standard InChI is InChI=1S/C22H25N3O3/c1-4-27-20-12-21(28-5-2)18(11-16(20)13-23)22(26)24-19-8-6-7-15-14-25(3)10-9-17(15)19/h6-8,11-12H,4-5,9-10,14H2,1-3H3,(H,24,26). The number of hydrogen-bond acceptors (Lipinski definition) is 5. The highest BCUT2D eigenvalue weighted by Gasteiger charge is 2.21. The van der Waals surface area contributed by atoms with Gasteiger partial charge in [-0.3, -0.25) is 4.79 Å². The normalized spacial score (nSPS) is 13.4. The molecular weight excluding hydrogens is 354 g/mol. The number of likely N-dealkylation sites (N-methyl/N-ethyl adjacent to an activating group) is 1. The Morgan fingerprint density at radius 2 is 1.96 bits per heavy atom. The van der Waals surface area contributed by atoms with Crippen molar-refractivity contribution in [3.8, 4) is 17.6 Å². The van der Waals surface area contributed by atoms with Gasteiger partial charge in [0.25, 0.3) is 5.91 Å². The molecule has 0 saturated carbocycles. The van der Waals surface area contributed by atoms with Gasteiger partial charge in [0.05, 0.1) is 24.3 Å². The third-order valence-corrected chi connectivity index (χ3v) is 4.75. The first-order valence-corrected chi connectivity index (χ1v) is 9.51. The van der Waals surface area contributed by atoms with Crippen molar-refractivity contribution in [1.29, 1.82) is 5.26 Å². The van der Waals surface area contributed by atoms with Crippen molar-refractivity contribution in [1.82, 2.24) is 4.90 Å². The Bertz CT molecular complexity index is 918. The van der Waals surface area contributed by atoms with Gasteiger partial charge in [-0.15, -0.1) is 0 Å². The fourth-order valence-electron chi connectivity index (χ4n) is 3.43. The van der Waals surface area contributed by atoms with E-state index in [4.69, 9.17) is 9.47 Å². The molecule has 0 fully saturated rings. The van der Waals surface area contributed by atoms with Crippen molar-refractivity contribution in [2.24, 2.45) is 0 Å². The smallest absolute Gasteiger partial charge is 0.259 e. The van der Waals surface area contributed by atoms with Gasteiger partial charge in [0.1, 0.15) is 17.6 Å². The molecule has 0 unspecified atom stereocenters. The van der Waals surface area contributed by atoms with Crippen LogP contribution in [0.2, 0.25) is 0 Å². The monoisotopic (exact) mass is 379 g/mol. The molecule has 28 heavy (non-hydrogen) atoms. The topological polar surface area (TPSA) is 74.6 Å². The number of hydrogen-bond donors (Lipinski definition) is 1. The van der Waals surface area contributed by atoms with Gasteiger partial charge in [0, 0.05) is 24.8 Å². The predicted octanol–water partition coefficient (Wildman–Crippen LogP) is 3.60. The Morgan fingerprint density at radius 3 is 2.68 bits per heavy atom. The number of carbonyl (C=O) groups excluding carboxylic acids is 1. The van der Waals surface area contributed by atoms with E-state index in [0.29, 0.717) is 35.8 Å². The van der Waals surface area contributed by atoms with Crippen molar-refractivity contribution >= 4 is 11.6 Å². The minimum absolute atomic E-state index is 0.296. The van der Waals surface area contributed by atoms with Crippen LogP contribution in [0.4, 0.5) is 5.69 Å². The van der Waals surface area contributed by atoms with E-state index in [1.165, 1.54) is 17.2 Å². The molecule has 6 heteroatoms. The molecule has 0 atom stereocenters. The van der Waals surface area contributed by atoms with Gasteiger partial charge in [-0.25, -0.2) is 0 Å². The van der Waals surface area contributed by atoms with E-state index in [1.807, 2.05) is 26.0 Å². The number of rotatable bonds is 6. The second kappa shape index (κ2) is 8.77. The van der Waals surface area contributed by atoms with Crippen LogP contribution in [0, 0.1) is 11.3 Å². The summed E-state index contributed by atoms with van der Waals surface area (Å²) in [7, 11) is 2.09. The number of carbonyl (C=O) groups is 1. The highest BCUT2D eigenvalue weighted by Crippen LogP contribution is 2.31. The Balaban J connectivity index is 1.95. The summed E-state index contributed by atoms with van der Waals surface area (Å²) in [4.78, 5) is 15.3. The first-order valence-electron chi connectivity index (χ1n) is 9.51. The molecule has 146 valence electrons. The molecule has 0 radical (unpaired) electrons. The van der Waals surface area contributed by atoms with E-state index in [-0.39, 0.29) is 5.91 Å². The molecule has 6 nitrogen and oxygen atoms in total. The first kappa shape index (κ1) is 19.7.